The fourth-order valence-electron chi connectivity index (χ4n) is 3.46. The topological polar surface area (TPSA) is 9.23 Å². The number of rotatable bonds is 19. The second kappa shape index (κ2) is 20.2. The molecule has 0 aromatic rings. The van der Waals surface area contributed by atoms with Crippen molar-refractivity contribution >= 4 is 17.3 Å². The molecule has 1 nitrogen and oxygen atoms in total. The van der Waals surface area contributed by atoms with Gasteiger partial charge >= 0.3 is 0 Å². The van der Waals surface area contributed by atoms with Crippen LogP contribution in [0.15, 0.2) is 0 Å². The predicted octanol–water partition coefficient (Wildman–Crippen LogP) is 8.64. The lowest BCUT2D eigenvalue weighted by Crippen LogP contribution is -2.01. The Morgan fingerprint density at radius 3 is 1.64 bits per heavy atom. The summed E-state index contributed by atoms with van der Waals surface area (Å²) in [5, 5.41) is 0.770. The monoisotopic (exact) mass is 370 g/mol. The van der Waals surface area contributed by atoms with Crippen LogP contribution in [0.3, 0.4) is 0 Å². The van der Waals surface area contributed by atoms with Gasteiger partial charge in [0.2, 0.25) is 0 Å². The normalized spacial score (nSPS) is 12.3. The lowest BCUT2D eigenvalue weighted by Gasteiger charge is -2.13. The van der Waals surface area contributed by atoms with Crippen molar-refractivity contribution in [2.45, 2.75) is 130 Å². The van der Waals surface area contributed by atoms with Gasteiger partial charge in [0, 0.05) is 6.42 Å². The highest BCUT2D eigenvalue weighted by atomic mass is 32.1. The minimum Gasteiger partial charge on any atom is -0.487 e. The van der Waals surface area contributed by atoms with E-state index in [2.05, 4.69) is 20.8 Å². The van der Waals surface area contributed by atoms with Gasteiger partial charge in [-0.05, 0) is 24.6 Å². The van der Waals surface area contributed by atoms with Crippen molar-refractivity contribution in [2.75, 3.05) is 6.61 Å². The van der Waals surface area contributed by atoms with Crippen LogP contribution < -0.4 is 0 Å². The molecule has 0 bridgehead atoms. The van der Waals surface area contributed by atoms with Gasteiger partial charge in [0.05, 0.1) is 6.61 Å². The van der Waals surface area contributed by atoms with Gasteiger partial charge in [-0.25, -0.2) is 0 Å². The van der Waals surface area contributed by atoms with Gasteiger partial charge in [0.25, 0.3) is 0 Å². The van der Waals surface area contributed by atoms with Crippen molar-refractivity contribution in [3.8, 4) is 0 Å². The molecular weight excluding hydrogens is 324 g/mol. The number of hydrogen-bond donors (Lipinski definition) is 0. The first kappa shape index (κ1) is 24.9. The van der Waals surface area contributed by atoms with E-state index >= 15 is 0 Å². The standard InChI is InChI=1S/C23H46OS/c1-4-7-19-22(5-2)20-17-15-13-11-9-8-10-12-14-16-18-21-24-23(25)6-3/h22H,4-21H2,1-3H3. The SMILES string of the molecule is CCCCC(CC)CCCCCCCCCCCCCOC(=S)CC. The van der Waals surface area contributed by atoms with Crippen LogP contribution in [0.25, 0.3) is 0 Å². The molecule has 0 aliphatic heterocycles. The van der Waals surface area contributed by atoms with E-state index in [4.69, 9.17) is 17.0 Å². The predicted molar refractivity (Wildman–Crippen MR) is 118 cm³/mol. The smallest absolute Gasteiger partial charge is 0.159 e. The Balaban J connectivity index is 3.17. The zero-order chi connectivity index (χ0) is 18.6. The zero-order valence-corrected chi connectivity index (χ0v) is 18.4. The van der Waals surface area contributed by atoms with Gasteiger partial charge in [0.15, 0.2) is 5.05 Å². The molecule has 0 heterocycles. The summed E-state index contributed by atoms with van der Waals surface area (Å²) in [7, 11) is 0. The summed E-state index contributed by atoms with van der Waals surface area (Å²) in [4.78, 5) is 0. The summed E-state index contributed by atoms with van der Waals surface area (Å²) in [6, 6.07) is 0. The third-order valence-corrected chi connectivity index (χ3v) is 5.76. The van der Waals surface area contributed by atoms with Crippen molar-refractivity contribution in [2.24, 2.45) is 5.92 Å². The van der Waals surface area contributed by atoms with Crippen molar-refractivity contribution in [1.82, 2.24) is 0 Å². The van der Waals surface area contributed by atoms with Crippen LogP contribution >= 0.6 is 12.2 Å². The van der Waals surface area contributed by atoms with Crippen molar-refractivity contribution < 1.29 is 4.74 Å². The molecule has 0 N–H and O–H groups in total. The van der Waals surface area contributed by atoms with E-state index in [0.717, 1.165) is 30.4 Å². The van der Waals surface area contributed by atoms with Crippen LogP contribution in [0.2, 0.25) is 0 Å². The largest absolute Gasteiger partial charge is 0.487 e. The lowest BCUT2D eigenvalue weighted by molar-refractivity contribution is 0.293. The van der Waals surface area contributed by atoms with Crippen molar-refractivity contribution in [3.05, 3.63) is 0 Å². The molecule has 150 valence electrons. The van der Waals surface area contributed by atoms with Crippen LogP contribution in [0.5, 0.6) is 0 Å². The molecule has 0 aromatic heterocycles. The molecule has 0 radical (unpaired) electrons. The number of thiocarbonyl (C=S) groups is 1. The minimum absolute atomic E-state index is 0.770. The molecule has 0 saturated carbocycles. The van der Waals surface area contributed by atoms with Crippen molar-refractivity contribution in [3.63, 3.8) is 0 Å². The Labute approximate surface area is 164 Å². The Bertz CT molecular complexity index is 277. The van der Waals surface area contributed by atoms with E-state index in [9.17, 15) is 0 Å². The third kappa shape index (κ3) is 18.5. The fraction of sp³-hybridized carbons (Fsp3) is 0.957. The second-order valence-corrected chi connectivity index (χ2v) is 8.12. The van der Waals surface area contributed by atoms with Gasteiger partial charge < -0.3 is 4.74 Å². The van der Waals surface area contributed by atoms with Crippen LogP contribution in [0.1, 0.15) is 130 Å². The molecule has 0 saturated heterocycles. The van der Waals surface area contributed by atoms with E-state index < -0.39 is 0 Å². The summed E-state index contributed by atoms with van der Waals surface area (Å²) in [5.41, 5.74) is 0. The summed E-state index contributed by atoms with van der Waals surface area (Å²) in [6.07, 6.45) is 23.3. The zero-order valence-electron chi connectivity index (χ0n) is 17.6. The summed E-state index contributed by atoms with van der Waals surface area (Å²) in [6.45, 7) is 7.56. The first-order chi connectivity index (χ1) is 12.2. The highest BCUT2D eigenvalue weighted by molar-refractivity contribution is 7.80. The molecule has 0 fully saturated rings. The average molecular weight is 371 g/mol. The van der Waals surface area contributed by atoms with E-state index in [1.807, 2.05) is 0 Å². The third-order valence-electron chi connectivity index (χ3n) is 5.35. The molecule has 0 amide bonds. The maximum atomic E-state index is 5.46. The summed E-state index contributed by atoms with van der Waals surface area (Å²) in [5.74, 6) is 1.00. The minimum atomic E-state index is 0.770. The molecule has 1 unspecified atom stereocenters. The fourth-order valence-corrected chi connectivity index (χ4v) is 3.54. The number of unbranched alkanes of at least 4 members (excludes halogenated alkanes) is 11. The Kier molecular flexibility index (Phi) is 20.1. The summed E-state index contributed by atoms with van der Waals surface area (Å²) >= 11 is 5.06. The van der Waals surface area contributed by atoms with Crippen LogP contribution in [-0.4, -0.2) is 11.7 Å². The van der Waals surface area contributed by atoms with Gasteiger partial charge in [0.1, 0.15) is 0 Å². The molecule has 25 heavy (non-hydrogen) atoms. The number of hydrogen-bond acceptors (Lipinski definition) is 2. The Morgan fingerprint density at radius 2 is 1.16 bits per heavy atom. The maximum Gasteiger partial charge on any atom is 0.159 e. The molecule has 0 aromatic carbocycles. The number of ether oxygens (including phenoxy) is 1. The Hall–Kier alpha value is -0.110. The van der Waals surface area contributed by atoms with Crippen LogP contribution in [0.4, 0.5) is 0 Å². The molecular formula is C23H46OS. The van der Waals surface area contributed by atoms with Crippen LogP contribution in [0, 0.1) is 5.92 Å². The quantitative estimate of drug-likeness (QED) is 0.166. The molecule has 1 atom stereocenters. The lowest BCUT2D eigenvalue weighted by atomic mass is 9.93. The molecule has 0 aliphatic carbocycles. The molecule has 2 heteroatoms. The van der Waals surface area contributed by atoms with Crippen LogP contribution in [-0.2, 0) is 4.74 Å². The van der Waals surface area contributed by atoms with Gasteiger partial charge in [-0.2, -0.15) is 0 Å². The first-order valence-electron chi connectivity index (χ1n) is 11.4. The molecule has 0 aliphatic rings. The van der Waals surface area contributed by atoms with E-state index in [1.54, 1.807) is 0 Å². The average Bonchev–Trinajstić information content (AvgIpc) is 2.64. The van der Waals surface area contributed by atoms with Crippen molar-refractivity contribution in [1.29, 1.82) is 0 Å². The van der Waals surface area contributed by atoms with Gasteiger partial charge in [-0.15, -0.1) is 0 Å². The maximum absolute atomic E-state index is 5.46. The summed E-state index contributed by atoms with van der Waals surface area (Å²) < 4.78 is 5.46. The van der Waals surface area contributed by atoms with Gasteiger partial charge in [-0.3, -0.25) is 0 Å². The first-order valence-corrected chi connectivity index (χ1v) is 11.8. The second-order valence-electron chi connectivity index (χ2n) is 7.67. The van der Waals surface area contributed by atoms with Gasteiger partial charge in [-0.1, -0.05) is 117 Å². The molecule has 0 spiro atoms. The highest BCUT2D eigenvalue weighted by Gasteiger charge is 2.05. The van der Waals surface area contributed by atoms with E-state index in [1.165, 1.54) is 96.3 Å². The molecule has 0 rings (SSSR count). The van der Waals surface area contributed by atoms with E-state index in [0.29, 0.717) is 0 Å². The highest BCUT2D eigenvalue weighted by Crippen LogP contribution is 2.20. The Morgan fingerprint density at radius 1 is 0.680 bits per heavy atom. The van der Waals surface area contributed by atoms with E-state index in [-0.39, 0.29) is 0 Å².